The monoisotopic (exact) mass is 241 g/mol. The third-order valence-corrected chi connectivity index (χ3v) is 3.13. The van der Waals surface area contributed by atoms with Crippen molar-refractivity contribution in [1.82, 2.24) is 0 Å². The number of rotatable bonds is 2. The molecule has 1 aromatic rings. The van der Waals surface area contributed by atoms with Gasteiger partial charge in [0.05, 0.1) is 6.04 Å². The van der Waals surface area contributed by atoms with Crippen LogP contribution in [0, 0.1) is 17.5 Å². The van der Waals surface area contributed by atoms with Crippen molar-refractivity contribution < 1.29 is 13.2 Å². The van der Waals surface area contributed by atoms with Gasteiger partial charge in [0, 0.05) is 5.56 Å². The van der Waals surface area contributed by atoms with Gasteiger partial charge in [0.15, 0.2) is 17.5 Å². The Labute approximate surface area is 98.1 Å². The minimum absolute atomic E-state index is 0.0250. The molecule has 1 aliphatic rings. The summed E-state index contributed by atoms with van der Waals surface area (Å²) in [4.78, 5) is 0. The molecule has 2 rings (SSSR count). The average molecular weight is 241 g/mol. The fraction of sp³-hybridized carbons (Fsp3) is 0.385. The summed E-state index contributed by atoms with van der Waals surface area (Å²) in [7, 11) is 0. The molecule has 0 saturated heterocycles. The summed E-state index contributed by atoms with van der Waals surface area (Å²) in [6, 6.07) is 1.45. The van der Waals surface area contributed by atoms with Crippen LogP contribution in [0.2, 0.25) is 0 Å². The zero-order chi connectivity index (χ0) is 12.4. The maximum atomic E-state index is 13.5. The molecule has 0 heterocycles. The van der Waals surface area contributed by atoms with Gasteiger partial charge in [-0.2, -0.15) is 0 Å². The van der Waals surface area contributed by atoms with Crippen LogP contribution in [0.5, 0.6) is 0 Å². The van der Waals surface area contributed by atoms with E-state index >= 15 is 0 Å². The van der Waals surface area contributed by atoms with Crippen LogP contribution in [-0.2, 0) is 0 Å². The Morgan fingerprint density at radius 1 is 1.06 bits per heavy atom. The molecule has 0 aromatic heterocycles. The first-order valence-corrected chi connectivity index (χ1v) is 5.69. The maximum Gasteiger partial charge on any atom is 0.194 e. The van der Waals surface area contributed by atoms with E-state index < -0.39 is 23.5 Å². The SMILES string of the molecule is NC(C1=CCCCC1)c1ccc(F)c(F)c1F. The average Bonchev–Trinajstić information content (AvgIpc) is 2.36. The van der Waals surface area contributed by atoms with Crippen LogP contribution in [0.25, 0.3) is 0 Å². The second kappa shape index (κ2) is 4.92. The molecule has 0 fully saturated rings. The second-order valence-electron chi connectivity index (χ2n) is 4.27. The lowest BCUT2D eigenvalue weighted by atomic mass is 9.90. The summed E-state index contributed by atoms with van der Waals surface area (Å²) >= 11 is 0. The van der Waals surface area contributed by atoms with E-state index in [1.54, 1.807) is 0 Å². The third-order valence-electron chi connectivity index (χ3n) is 3.13. The fourth-order valence-electron chi connectivity index (χ4n) is 2.13. The first-order valence-electron chi connectivity index (χ1n) is 5.69. The van der Waals surface area contributed by atoms with E-state index in [0.717, 1.165) is 37.3 Å². The number of benzene rings is 1. The predicted molar refractivity (Wildman–Crippen MR) is 59.8 cm³/mol. The van der Waals surface area contributed by atoms with Gasteiger partial charge in [-0.05, 0) is 31.7 Å². The van der Waals surface area contributed by atoms with Gasteiger partial charge in [-0.1, -0.05) is 17.7 Å². The standard InChI is InChI=1S/C13H14F3N/c14-10-7-6-9(11(15)12(10)16)13(17)8-4-2-1-3-5-8/h4,6-7,13H,1-3,5,17H2. The molecule has 1 atom stereocenters. The summed E-state index contributed by atoms with van der Waals surface area (Å²) in [5.41, 5.74) is 6.82. The minimum atomic E-state index is -1.45. The van der Waals surface area contributed by atoms with Crippen molar-refractivity contribution in [2.45, 2.75) is 31.7 Å². The van der Waals surface area contributed by atoms with Crippen molar-refractivity contribution in [3.63, 3.8) is 0 Å². The molecule has 0 spiro atoms. The van der Waals surface area contributed by atoms with Crippen molar-refractivity contribution >= 4 is 0 Å². The van der Waals surface area contributed by atoms with Crippen LogP contribution in [0.3, 0.4) is 0 Å². The summed E-state index contributed by atoms with van der Waals surface area (Å²) in [5, 5.41) is 0. The summed E-state index contributed by atoms with van der Waals surface area (Å²) in [6.07, 6.45) is 5.77. The minimum Gasteiger partial charge on any atom is -0.320 e. The van der Waals surface area contributed by atoms with Crippen LogP contribution < -0.4 is 5.73 Å². The molecule has 17 heavy (non-hydrogen) atoms. The Morgan fingerprint density at radius 3 is 2.47 bits per heavy atom. The lowest BCUT2D eigenvalue weighted by Crippen LogP contribution is -2.17. The summed E-state index contributed by atoms with van der Waals surface area (Å²) in [6.45, 7) is 0. The van der Waals surface area contributed by atoms with Gasteiger partial charge < -0.3 is 5.73 Å². The summed E-state index contributed by atoms with van der Waals surface area (Å²) < 4.78 is 39.4. The van der Waals surface area contributed by atoms with Crippen molar-refractivity contribution in [1.29, 1.82) is 0 Å². The molecule has 2 N–H and O–H groups in total. The number of nitrogens with two attached hydrogens (primary N) is 1. The molecular weight excluding hydrogens is 227 g/mol. The van der Waals surface area contributed by atoms with Gasteiger partial charge in [0.1, 0.15) is 0 Å². The van der Waals surface area contributed by atoms with E-state index in [1.165, 1.54) is 6.07 Å². The van der Waals surface area contributed by atoms with Gasteiger partial charge in [0.25, 0.3) is 0 Å². The third kappa shape index (κ3) is 2.36. The number of hydrogen-bond donors (Lipinski definition) is 1. The molecule has 0 radical (unpaired) electrons. The fourth-order valence-corrected chi connectivity index (χ4v) is 2.13. The molecule has 0 saturated carbocycles. The molecule has 92 valence electrons. The molecule has 4 heteroatoms. The second-order valence-corrected chi connectivity index (χ2v) is 4.27. The van der Waals surface area contributed by atoms with Gasteiger partial charge in [-0.15, -0.1) is 0 Å². The maximum absolute atomic E-state index is 13.5. The zero-order valence-corrected chi connectivity index (χ0v) is 9.35. The van der Waals surface area contributed by atoms with Crippen LogP contribution in [0.15, 0.2) is 23.8 Å². The van der Waals surface area contributed by atoms with Crippen LogP contribution in [0.4, 0.5) is 13.2 Å². The van der Waals surface area contributed by atoms with Crippen molar-refractivity contribution in [3.8, 4) is 0 Å². The number of halogens is 3. The van der Waals surface area contributed by atoms with Crippen molar-refractivity contribution in [3.05, 3.63) is 46.8 Å². The van der Waals surface area contributed by atoms with E-state index in [-0.39, 0.29) is 5.56 Å². The van der Waals surface area contributed by atoms with Crippen LogP contribution in [-0.4, -0.2) is 0 Å². The summed E-state index contributed by atoms with van der Waals surface area (Å²) in [5.74, 6) is -3.81. The molecule has 0 amide bonds. The highest BCUT2D eigenvalue weighted by molar-refractivity contribution is 5.30. The van der Waals surface area contributed by atoms with Crippen LogP contribution in [0.1, 0.15) is 37.3 Å². The van der Waals surface area contributed by atoms with E-state index in [1.807, 2.05) is 6.08 Å². The van der Waals surface area contributed by atoms with E-state index in [9.17, 15) is 13.2 Å². The number of hydrogen-bond acceptors (Lipinski definition) is 1. The zero-order valence-electron chi connectivity index (χ0n) is 9.35. The van der Waals surface area contributed by atoms with Gasteiger partial charge >= 0.3 is 0 Å². The topological polar surface area (TPSA) is 26.0 Å². The smallest absolute Gasteiger partial charge is 0.194 e. The Balaban J connectivity index is 2.34. The molecule has 1 aromatic carbocycles. The van der Waals surface area contributed by atoms with Gasteiger partial charge in [-0.25, -0.2) is 13.2 Å². The van der Waals surface area contributed by atoms with Crippen molar-refractivity contribution in [2.75, 3.05) is 0 Å². The highest BCUT2D eigenvalue weighted by Gasteiger charge is 2.21. The Hall–Kier alpha value is -1.29. The first kappa shape index (κ1) is 12.2. The Bertz CT molecular complexity index is 454. The van der Waals surface area contributed by atoms with Gasteiger partial charge in [0.2, 0.25) is 0 Å². The Morgan fingerprint density at radius 2 is 1.82 bits per heavy atom. The largest absolute Gasteiger partial charge is 0.320 e. The molecule has 1 nitrogen and oxygen atoms in total. The quantitative estimate of drug-likeness (QED) is 0.621. The van der Waals surface area contributed by atoms with Gasteiger partial charge in [-0.3, -0.25) is 0 Å². The van der Waals surface area contributed by atoms with E-state index in [0.29, 0.717) is 0 Å². The lowest BCUT2D eigenvalue weighted by molar-refractivity contribution is 0.437. The van der Waals surface area contributed by atoms with Crippen molar-refractivity contribution in [2.24, 2.45) is 5.73 Å². The van der Waals surface area contributed by atoms with Crippen LogP contribution >= 0.6 is 0 Å². The molecule has 1 aliphatic carbocycles. The molecule has 0 aliphatic heterocycles. The Kier molecular flexibility index (Phi) is 3.52. The lowest BCUT2D eigenvalue weighted by Gasteiger charge is -2.20. The first-order chi connectivity index (χ1) is 8.11. The highest BCUT2D eigenvalue weighted by Crippen LogP contribution is 2.30. The normalized spacial score (nSPS) is 17.8. The number of allylic oxidation sites excluding steroid dienone is 1. The van der Waals surface area contributed by atoms with E-state index in [2.05, 4.69) is 0 Å². The highest BCUT2D eigenvalue weighted by atomic mass is 19.2. The predicted octanol–water partition coefficient (Wildman–Crippen LogP) is 3.60. The molecular formula is C13H14F3N. The van der Waals surface area contributed by atoms with E-state index in [4.69, 9.17) is 5.73 Å². The molecule has 0 bridgehead atoms. The molecule has 1 unspecified atom stereocenters.